The molecule has 1 nitrogen and oxygen atoms in total. The average Bonchev–Trinajstić information content (AvgIpc) is 2.55. The Kier molecular flexibility index (Phi) is 11.4. The summed E-state index contributed by atoms with van der Waals surface area (Å²) in [6, 6.07) is 10.3. The van der Waals surface area contributed by atoms with Gasteiger partial charge >= 0.3 is 0 Å². The van der Waals surface area contributed by atoms with Crippen LogP contribution < -0.4 is 0 Å². The summed E-state index contributed by atoms with van der Waals surface area (Å²) >= 11 is 0. The molecular formula is C23H28O. The summed E-state index contributed by atoms with van der Waals surface area (Å²) in [5, 5.41) is 0. The maximum atomic E-state index is 11.3. The Morgan fingerprint density at radius 1 is 0.917 bits per heavy atom. The Morgan fingerprint density at radius 3 is 1.96 bits per heavy atom. The van der Waals surface area contributed by atoms with Crippen molar-refractivity contribution in [2.75, 3.05) is 0 Å². The van der Waals surface area contributed by atoms with Crippen molar-refractivity contribution in [2.45, 2.75) is 27.7 Å². The number of aryl methyl sites for hydroxylation is 1. The third kappa shape index (κ3) is 10.1. The number of benzene rings is 1. The first-order chi connectivity index (χ1) is 11.4. The standard InChI is InChI=1S/C16H20O.C7H8/c1-6-8-9-11-13(3)14(4)12-16(10-7-2)15(5)17;1-7-5-3-2-4-6-7/h6-12H,3-4H2,1-2,5H3;2-6H,1H3/b8-6-,10-7-,11-9-,16-12+;. The maximum Gasteiger partial charge on any atom is 0.159 e. The fourth-order valence-electron chi connectivity index (χ4n) is 1.65. The third-order valence-corrected chi connectivity index (χ3v) is 3.04. The van der Waals surface area contributed by atoms with E-state index >= 15 is 0 Å². The van der Waals surface area contributed by atoms with Crippen LogP contribution in [0.25, 0.3) is 0 Å². The van der Waals surface area contributed by atoms with Crippen molar-refractivity contribution in [1.82, 2.24) is 0 Å². The molecule has 0 saturated heterocycles. The second-order valence-corrected chi connectivity index (χ2v) is 5.25. The lowest BCUT2D eigenvalue weighted by Gasteiger charge is -2.01. The molecule has 0 radical (unpaired) electrons. The van der Waals surface area contributed by atoms with Crippen molar-refractivity contribution in [3.05, 3.63) is 108 Å². The second-order valence-electron chi connectivity index (χ2n) is 5.25. The fraction of sp³-hybridized carbons (Fsp3) is 0.174. The number of Topliss-reactive ketones (excluding diaryl/α,β-unsaturated/α-hetero) is 1. The molecule has 0 aliphatic heterocycles. The van der Waals surface area contributed by atoms with Gasteiger partial charge < -0.3 is 0 Å². The Morgan fingerprint density at radius 2 is 1.54 bits per heavy atom. The molecule has 0 heterocycles. The molecule has 0 aromatic heterocycles. The Labute approximate surface area is 147 Å². The topological polar surface area (TPSA) is 17.1 Å². The van der Waals surface area contributed by atoms with Gasteiger partial charge in [0.05, 0.1) is 0 Å². The first kappa shape index (κ1) is 21.3. The summed E-state index contributed by atoms with van der Waals surface area (Å²) < 4.78 is 0. The number of hydrogen-bond donors (Lipinski definition) is 0. The molecular weight excluding hydrogens is 292 g/mol. The van der Waals surface area contributed by atoms with Crippen molar-refractivity contribution in [1.29, 1.82) is 0 Å². The molecule has 0 bridgehead atoms. The largest absolute Gasteiger partial charge is 0.295 e. The molecule has 0 fully saturated rings. The van der Waals surface area contributed by atoms with E-state index in [4.69, 9.17) is 0 Å². The molecule has 0 amide bonds. The number of allylic oxidation sites excluding steroid dienone is 10. The van der Waals surface area contributed by atoms with E-state index in [-0.39, 0.29) is 5.78 Å². The van der Waals surface area contributed by atoms with Gasteiger partial charge in [-0.15, -0.1) is 0 Å². The van der Waals surface area contributed by atoms with Crippen LogP contribution in [0.15, 0.2) is 103 Å². The molecule has 0 N–H and O–H groups in total. The van der Waals surface area contributed by atoms with Crippen molar-refractivity contribution in [3.63, 3.8) is 0 Å². The first-order valence-corrected chi connectivity index (χ1v) is 7.96. The van der Waals surface area contributed by atoms with E-state index in [1.54, 1.807) is 12.2 Å². The molecule has 24 heavy (non-hydrogen) atoms. The molecule has 126 valence electrons. The predicted octanol–water partition coefficient (Wildman–Crippen LogP) is 6.32. The second kappa shape index (κ2) is 12.8. The van der Waals surface area contributed by atoms with Crippen LogP contribution in [0.2, 0.25) is 0 Å². The number of carbonyl (C=O) groups is 1. The van der Waals surface area contributed by atoms with Gasteiger partial charge in [0, 0.05) is 5.57 Å². The highest BCUT2D eigenvalue weighted by Gasteiger charge is 2.00. The summed E-state index contributed by atoms with van der Waals surface area (Å²) in [5.74, 6) is 0.0227. The smallest absolute Gasteiger partial charge is 0.159 e. The quantitative estimate of drug-likeness (QED) is 0.443. The molecule has 0 aliphatic carbocycles. The number of rotatable bonds is 6. The van der Waals surface area contributed by atoms with E-state index in [0.29, 0.717) is 5.57 Å². The van der Waals surface area contributed by atoms with Crippen molar-refractivity contribution in [2.24, 2.45) is 0 Å². The lowest BCUT2D eigenvalue weighted by atomic mass is 10.0. The van der Waals surface area contributed by atoms with Crippen LogP contribution in [0.4, 0.5) is 0 Å². The van der Waals surface area contributed by atoms with Gasteiger partial charge in [0.2, 0.25) is 0 Å². The van der Waals surface area contributed by atoms with Gasteiger partial charge in [-0.05, 0) is 44.9 Å². The minimum atomic E-state index is 0.0227. The third-order valence-electron chi connectivity index (χ3n) is 3.04. The lowest BCUT2D eigenvalue weighted by molar-refractivity contribution is -0.113. The summed E-state index contributed by atoms with van der Waals surface area (Å²) in [7, 11) is 0. The molecule has 0 saturated carbocycles. The van der Waals surface area contributed by atoms with Crippen molar-refractivity contribution < 1.29 is 4.79 Å². The minimum absolute atomic E-state index is 0.0227. The van der Waals surface area contributed by atoms with E-state index < -0.39 is 0 Å². The number of ketones is 1. The summed E-state index contributed by atoms with van der Waals surface area (Å²) in [5.41, 5.74) is 3.50. The summed E-state index contributed by atoms with van der Waals surface area (Å²) in [6.45, 7) is 15.2. The van der Waals surface area contributed by atoms with Gasteiger partial charge in [-0.25, -0.2) is 0 Å². The van der Waals surface area contributed by atoms with Crippen molar-refractivity contribution in [3.8, 4) is 0 Å². The highest BCUT2D eigenvalue weighted by molar-refractivity contribution is 5.96. The van der Waals surface area contributed by atoms with Crippen LogP contribution in [0.5, 0.6) is 0 Å². The Balaban J connectivity index is 0.000000620. The highest BCUT2D eigenvalue weighted by Crippen LogP contribution is 2.12. The lowest BCUT2D eigenvalue weighted by Crippen LogP contribution is -1.94. The average molecular weight is 320 g/mol. The zero-order valence-corrected chi connectivity index (χ0v) is 15.3. The van der Waals surface area contributed by atoms with Gasteiger partial charge in [0.15, 0.2) is 5.78 Å². The predicted molar refractivity (Wildman–Crippen MR) is 107 cm³/mol. The van der Waals surface area contributed by atoms with Crippen LogP contribution in [-0.2, 0) is 4.79 Å². The zero-order chi connectivity index (χ0) is 18.4. The van der Waals surface area contributed by atoms with E-state index in [1.165, 1.54) is 12.5 Å². The van der Waals surface area contributed by atoms with Gasteiger partial charge in [0.25, 0.3) is 0 Å². The Hall–Kier alpha value is -2.67. The molecule has 1 heteroatoms. The molecule has 0 spiro atoms. The number of carbonyl (C=O) groups excluding carboxylic acids is 1. The van der Waals surface area contributed by atoms with E-state index in [2.05, 4.69) is 32.2 Å². The van der Waals surface area contributed by atoms with Crippen LogP contribution in [0.3, 0.4) is 0 Å². The summed E-state index contributed by atoms with van der Waals surface area (Å²) in [6.07, 6.45) is 13.0. The molecule has 0 aliphatic rings. The minimum Gasteiger partial charge on any atom is -0.295 e. The van der Waals surface area contributed by atoms with Crippen molar-refractivity contribution >= 4 is 5.78 Å². The van der Waals surface area contributed by atoms with E-state index in [9.17, 15) is 4.79 Å². The molecule has 0 atom stereocenters. The van der Waals surface area contributed by atoms with E-state index in [1.807, 2.05) is 62.4 Å². The Bertz CT molecular complexity index is 653. The highest BCUT2D eigenvalue weighted by atomic mass is 16.1. The molecule has 0 unspecified atom stereocenters. The first-order valence-electron chi connectivity index (χ1n) is 7.96. The monoisotopic (exact) mass is 320 g/mol. The molecule has 1 aromatic carbocycles. The van der Waals surface area contributed by atoms with E-state index in [0.717, 1.165) is 11.1 Å². The SMILES string of the molecule is C=C(/C=C\C=C/C)C(=C)/C=C(\C=C/C)C(C)=O.Cc1ccccc1. The van der Waals surface area contributed by atoms with Gasteiger partial charge in [-0.3, -0.25) is 4.79 Å². The maximum absolute atomic E-state index is 11.3. The normalized spacial score (nSPS) is 11.6. The number of hydrogen-bond acceptors (Lipinski definition) is 1. The zero-order valence-electron chi connectivity index (χ0n) is 15.3. The molecule has 1 rings (SSSR count). The molecule has 1 aromatic rings. The fourth-order valence-corrected chi connectivity index (χ4v) is 1.65. The van der Waals surface area contributed by atoms with Gasteiger partial charge in [-0.1, -0.05) is 85.5 Å². The van der Waals surface area contributed by atoms with Crippen LogP contribution in [0.1, 0.15) is 26.3 Å². The van der Waals surface area contributed by atoms with Gasteiger partial charge in [-0.2, -0.15) is 0 Å². The van der Waals surface area contributed by atoms with Crippen LogP contribution in [0, 0.1) is 6.92 Å². The van der Waals surface area contributed by atoms with Gasteiger partial charge in [0.1, 0.15) is 0 Å². The van der Waals surface area contributed by atoms with Crippen LogP contribution in [-0.4, -0.2) is 5.78 Å². The summed E-state index contributed by atoms with van der Waals surface area (Å²) in [4.78, 5) is 11.3. The van der Waals surface area contributed by atoms with Crippen LogP contribution >= 0.6 is 0 Å².